The molecule has 0 atom stereocenters. The molecule has 0 amide bonds. The molecular weight excluding hydrogens is 302 g/mol. The first-order valence-electron chi connectivity index (χ1n) is 8.03. The van der Waals surface area contributed by atoms with Crippen molar-refractivity contribution in [2.24, 2.45) is 0 Å². The second-order valence-corrected chi connectivity index (χ2v) is 5.88. The van der Waals surface area contributed by atoms with Crippen LogP contribution in [-0.4, -0.2) is 46.1 Å². The monoisotopic (exact) mass is 321 g/mol. The summed E-state index contributed by atoms with van der Waals surface area (Å²) in [6.45, 7) is 3.90. The van der Waals surface area contributed by atoms with Crippen molar-refractivity contribution >= 4 is 11.4 Å². The van der Waals surface area contributed by atoms with E-state index in [1.165, 1.54) is 5.69 Å². The third kappa shape index (κ3) is 2.90. The maximum absolute atomic E-state index is 9.40. The molecule has 1 N–H and O–H groups in total. The molecule has 6 nitrogen and oxygen atoms in total. The number of benzene rings is 2. The molecule has 3 aromatic rings. The number of aromatic nitrogens is 3. The first-order valence-corrected chi connectivity index (χ1v) is 8.03. The lowest BCUT2D eigenvalue weighted by Crippen LogP contribution is -2.46. The van der Waals surface area contributed by atoms with Crippen LogP contribution < -0.4 is 9.80 Å². The zero-order chi connectivity index (χ0) is 16.4. The van der Waals surface area contributed by atoms with E-state index >= 15 is 0 Å². The Morgan fingerprint density at radius 3 is 1.54 bits per heavy atom. The highest BCUT2D eigenvalue weighted by Crippen LogP contribution is 2.23. The first-order chi connectivity index (χ1) is 11.8. The van der Waals surface area contributed by atoms with Crippen molar-refractivity contribution in [3.05, 3.63) is 61.2 Å². The molecule has 1 fully saturated rings. The molecule has 1 aromatic heterocycles. The fourth-order valence-electron chi connectivity index (χ4n) is 3.06. The molecule has 122 valence electrons. The number of aromatic hydroxyl groups is 1. The topological polar surface area (TPSA) is 57.4 Å². The average molecular weight is 321 g/mol. The number of phenolic OH excluding ortho intramolecular Hbond substituents is 1. The molecule has 2 heterocycles. The molecule has 0 bridgehead atoms. The van der Waals surface area contributed by atoms with Crippen LogP contribution in [0.3, 0.4) is 0 Å². The standard InChI is InChI=1S/C18H19N5O/c24-18-7-5-16(6-8-18)22-11-9-21(10-12-22)15-1-3-17(4-2-15)23-13-19-20-14-23/h1-8,13-14,24H,9-12H2. The first kappa shape index (κ1) is 14.6. The Morgan fingerprint density at radius 2 is 1.04 bits per heavy atom. The molecule has 0 spiro atoms. The van der Waals surface area contributed by atoms with Gasteiger partial charge in [-0.15, -0.1) is 10.2 Å². The van der Waals surface area contributed by atoms with Crippen LogP contribution in [0, 0.1) is 0 Å². The Balaban J connectivity index is 1.41. The molecule has 0 radical (unpaired) electrons. The van der Waals surface area contributed by atoms with Crippen LogP contribution in [-0.2, 0) is 0 Å². The lowest BCUT2D eigenvalue weighted by Gasteiger charge is -2.37. The third-order valence-electron chi connectivity index (χ3n) is 4.43. The summed E-state index contributed by atoms with van der Waals surface area (Å²) in [5, 5.41) is 17.1. The predicted molar refractivity (Wildman–Crippen MR) is 93.9 cm³/mol. The number of phenols is 1. The van der Waals surface area contributed by atoms with E-state index in [-0.39, 0.29) is 0 Å². The van der Waals surface area contributed by atoms with E-state index in [1.807, 2.05) is 16.7 Å². The number of nitrogens with zero attached hydrogens (tertiary/aromatic N) is 5. The minimum absolute atomic E-state index is 0.311. The van der Waals surface area contributed by atoms with Crippen LogP contribution in [0.5, 0.6) is 5.75 Å². The normalized spacial score (nSPS) is 14.8. The molecule has 6 heteroatoms. The SMILES string of the molecule is Oc1ccc(N2CCN(c3ccc(-n4cnnc4)cc3)CC2)cc1. The van der Waals surface area contributed by atoms with Gasteiger partial charge in [0.2, 0.25) is 0 Å². The van der Waals surface area contributed by atoms with Gasteiger partial charge in [-0.25, -0.2) is 0 Å². The van der Waals surface area contributed by atoms with Gasteiger partial charge in [0.05, 0.1) is 0 Å². The molecule has 0 unspecified atom stereocenters. The van der Waals surface area contributed by atoms with E-state index in [4.69, 9.17) is 0 Å². The molecule has 0 saturated carbocycles. The van der Waals surface area contributed by atoms with Gasteiger partial charge >= 0.3 is 0 Å². The van der Waals surface area contributed by atoms with Gasteiger partial charge in [0.25, 0.3) is 0 Å². The maximum atomic E-state index is 9.40. The fourth-order valence-corrected chi connectivity index (χ4v) is 3.06. The van der Waals surface area contributed by atoms with Crippen LogP contribution >= 0.6 is 0 Å². The second-order valence-electron chi connectivity index (χ2n) is 5.88. The summed E-state index contributed by atoms with van der Waals surface area (Å²) in [5.41, 5.74) is 3.46. The van der Waals surface area contributed by atoms with Crippen LogP contribution in [0.1, 0.15) is 0 Å². The Kier molecular flexibility index (Phi) is 3.78. The van der Waals surface area contributed by atoms with E-state index in [0.29, 0.717) is 5.75 Å². The lowest BCUT2D eigenvalue weighted by molar-refractivity contribution is 0.475. The molecule has 4 rings (SSSR count). The number of hydrogen-bond acceptors (Lipinski definition) is 5. The van der Waals surface area contributed by atoms with Crippen molar-refractivity contribution in [1.82, 2.24) is 14.8 Å². The summed E-state index contributed by atoms with van der Waals surface area (Å²) in [5.74, 6) is 0.311. The largest absolute Gasteiger partial charge is 0.508 e. The van der Waals surface area contributed by atoms with Crippen LogP contribution in [0.4, 0.5) is 11.4 Å². The molecule has 1 aliphatic rings. The summed E-state index contributed by atoms with van der Waals surface area (Å²) in [7, 11) is 0. The van der Waals surface area contributed by atoms with Crippen LogP contribution in [0.2, 0.25) is 0 Å². The quantitative estimate of drug-likeness (QED) is 0.802. The van der Waals surface area contributed by atoms with E-state index in [0.717, 1.165) is 37.6 Å². The fraction of sp³-hybridized carbons (Fsp3) is 0.222. The summed E-state index contributed by atoms with van der Waals surface area (Å²) in [6.07, 6.45) is 3.40. The number of rotatable bonds is 3. The van der Waals surface area contributed by atoms with E-state index in [2.05, 4.69) is 44.3 Å². The van der Waals surface area contributed by atoms with Gasteiger partial charge in [0.1, 0.15) is 18.4 Å². The molecule has 1 saturated heterocycles. The Morgan fingerprint density at radius 1 is 0.625 bits per heavy atom. The second kappa shape index (κ2) is 6.23. The van der Waals surface area contributed by atoms with Gasteiger partial charge in [0, 0.05) is 43.2 Å². The van der Waals surface area contributed by atoms with Crippen molar-refractivity contribution in [2.45, 2.75) is 0 Å². The van der Waals surface area contributed by atoms with Gasteiger partial charge in [-0.1, -0.05) is 0 Å². The van der Waals surface area contributed by atoms with Gasteiger partial charge in [0.15, 0.2) is 0 Å². The van der Waals surface area contributed by atoms with Gasteiger partial charge < -0.3 is 14.9 Å². The van der Waals surface area contributed by atoms with Crippen molar-refractivity contribution in [1.29, 1.82) is 0 Å². The van der Waals surface area contributed by atoms with Crippen molar-refractivity contribution in [2.75, 3.05) is 36.0 Å². The minimum atomic E-state index is 0.311. The van der Waals surface area contributed by atoms with E-state index in [9.17, 15) is 5.11 Å². The average Bonchev–Trinajstić information content (AvgIpc) is 3.17. The summed E-state index contributed by atoms with van der Waals surface area (Å²) in [6, 6.07) is 15.9. The lowest BCUT2D eigenvalue weighted by atomic mass is 10.2. The third-order valence-corrected chi connectivity index (χ3v) is 4.43. The number of anilines is 2. The van der Waals surface area contributed by atoms with E-state index < -0.39 is 0 Å². The molecule has 2 aromatic carbocycles. The van der Waals surface area contributed by atoms with Crippen molar-refractivity contribution in [3.8, 4) is 11.4 Å². The van der Waals surface area contributed by atoms with Gasteiger partial charge in [-0.2, -0.15) is 0 Å². The van der Waals surface area contributed by atoms with Crippen molar-refractivity contribution < 1.29 is 5.11 Å². The van der Waals surface area contributed by atoms with Crippen LogP contribution in [0.15, 0.2) is 61.2 Å². The highest BCUT2D eigenvalue weighted by molar-refractivity contribution is 5.54. The zero-order valence-electron chi connectivity index (χ0n) is 13.3. The summed E-state index contributed by atoms with van der Waals surface area (Å²) in [4.78, 5) is 4.74. The van der Waals surface area contributed by atoms with Gasteiger partial charge in [-0.3, -0.25) is 4.57 Å². The van der Waals surface area contributed by atoms with Crippen LogP contribution in [0.25, 0.3) is 5.69 Å². The molecular formula is C18H19N5O. The molecule has 1 aliphatic heterocycles. The molecule has 0 aliphatic carbocycles. The van der Waals surface area contributed by atoms with Gasteiger partial charge in [-0.05, 0) is 48.5 Å². The smallest absolute Gasteiger partial charge is 0.123 e. The minimum Gasteiger partial charge on any atom is -0.508 e. The predicted octanol–water partition coefficient (Wildman–Crippen LogP) is 2.30. The highest BCUT2D eigenvalue weighted by Gasteiger charge is 2.17. The number of piperazine rings is 1. The zero-order valence-corrected chi connectivity index (χ0v) is 13.3. The molecule has 24 heavy (non-hydrogen) atoms. The Hall–Kier alpha value is -3.02. The summed E-state index contributed by atoms with van der Waals surface area (Å²) < 4.78 is 1.90. The Labute approximate surface area is 140 Å². The maximum Gasteiger partial charge on any atom is 0.123 e. The Bertz CT molecular complexity index is 775. The van der Waals surface area contributed by atoms with Crippen molar-refractivity contribution in [3.63, 3.8) is 0 Å². The summed E-state index contributed by atoms with van der Waals surface area (Å²) >= 11 is 0. The number of hydrogen-bond donors (Lipinski definition) is 1. The van der Waals surface area contributed by atoms with E-state index in [1.54, 1.807) is 24.8 Å². The highest BCUT2D eigenvalue weighted by atomic mass is 16.3.